The predicted molar refractivity (Wildman–Crippen MR) is 133 cm³/mol. The number of rotatable bonds is 5. The van der Waals surface area contributed by atoms with E-state index in [1.165, 1.54) is 17.9 Å². The predicted octanol–water partition coefficient (Wildman–Crippen LogP) is 5.53. The zero-order valence-corrected chi connectivity index (χ0v) is 20.8. The minimum Gasteiger partial charge on any atom is -0.503 e. The van der Waals surface area contributed by atoms with E-state index in [-0.39, 0.29) is 28.8 Å². The highest BCUT2D eigenvalue weighted by molar-refractivity contribution is 5.91. The molecule has 0 amide bonds. The summed E-state index contributed by atoms with van der Waals surface area (Å²) < 4.78 is 70.0. The molecule has 1 aliphatic heterocycles. The van der Waals surface area contributed by atoms with Crippen molar-refractivity contribution in [2.75, 3.05) is 23.4 Å². The van der Waals surface area contributed by atoms with Gasteiger partial charge < -0.3 is 14.9 Å². The molecular formula is C26H25F5N6O. The molecule has 2 aromatic heterocycles. The number of aryl methyl sites for hydroxylation is 1. The second-order valence-electron chi connectivity index (χ2n) is 9.42. The average molecular weight is 533 g/mol. The normalized spacial score (nSPS) is 16.8. The number of benzene rings is 2. The molecule has 0 unspecified atom stereocenters. The molecule has 3 heterocycles. The van der Waals surface area contributed by atoms with E-state index in [2.05, 4.69) is 39.0 Å². The Bertz CT molecular complexity index is 1490. The van der Waals surface area contributed by atoms with Crippen LogP contribution in [0.15, 0.2) is 42.6 Å². The van der Waals surface area contributed by atoms with Crippen molar-refractivity contribution in [3.05, 3.63) is 59.8 Å². The highest BCUT2D eigenvalue weighted by Crippen LogP contribution is 2.41. The maximum atomic E-state index is 14.8. The molecule has 7 nitrogen and oxygen atoms in total. The molecule has 1 aliphatic rings. The number of aromatic hydroxyl groups is 1. The van der Waals surface area contributed by atoms with Gasteiger partial charge in [-0.25, -0.2) is 18.4 Å². The number of phenolic OH excluding ortho intramolecular Hbond substituents is 1. The van der Waals surface area contributed by atoms with Crippen LogP contribution in [0.4, 0.5) is 33.6 Å². The lowest BCUT2D eigenvalue weighted by molar-refractivity contribution is -0.140. The van der Waals surface area contributed by atoms with Crippen molar-refractivity contribution in [2.24, 2.45) is 7.05 Å². The molecule has 1 fully saturated rings. The van der Waals surface area contributed by atoms with Crippen LogP contribution in [0.3, 0.4) is 0 Å². The van der Waals surface area contributed by atoms with Gasteiger partial charge in [0.25, 0.3) is 0 Å². The summed E-state index contributed by atoms with van der Waals surface area (Å²) in [5.74, 6) is -4.99. The van der Waals surface area contributed by atoms with Crippen molar-refractivity contribution in [1.82, 2.24) is 19.7 Å². The first kappa shape index (κ1) is 25.7. The van der Waals surface area contributed by atoms with Crippen LogP contribution in [0.2, 0.25) is 0 Å². The first-order chi connectivity index (χ1) is 18.0. The van der Waals surface area contributed by atoms with E-state index in [0.717, 1.165) is 25.1 Å². The van der Waals surface area contributed by atoms with Crippen LogP contribution < -0.4 is 9.80 Å². The van der Waals surface area contributed by atoms with Gasteiger partial charge in [0.05, 0.1) is 10.9 Å². The average Bonchev–Trinajstić information content (AvgIpc) is 3.51. The summed E-state index contributed by atoms with van der Waals surface area (Å²) in [5, 5.41) is 14.0. The maximum Gasteiger partial charge on any atom is 0.419 e. The van der Waals surface area contributed by atoms with Crippen LogP contribution in [0.1, 0.15) is 25.3 Å². The summed E-state index contributed by atoms with van der Waals surface area (Å²) in [6.07, 6.45) is -1.78. The second kappa shape index (κ2) is 9.41. The summed E-state index contributed by atoms with van der Waals surface area (Å²) >= 11 is 0. The Hall–Kier alpha value is -3.96. The third-order valence-electron chi connectivity index (χ3n) is 7.18. The fourth-order valence-electron chi connectivity index (χ4n) is 5.07. The fraction of sp³-hybridized carbons (Fsp3) is 0.346. The number of phenols is 1. The van der Waals surface area contributed by atoms with Crippen molar-refractivity contribution in [2.45, 2.75) is 38.0 Å². The van der Waals surface area contributed by atoms with Gasteiger partial charge in [0, 0.05) is 50.2 Å². The van der Waals surface area contributed by atoms with E-state index >= 15 is 0 Å². The molecule has 0 radical (unpaired) electrons. The largest absolute Gasteiger partial charge is 0.503 e. The Morgan fingerprint density at radius 2 is 1.84 bits per heavy atom. The number of hydrogen-bond donors (Lipinski definition) is 1. The molecule has 2 atom stereocenters. The number of alkyl halides is 3. The Kier molecular flexibility index (Phi) is 6.36. The van der Waals surface area contributed by atoms with Crippen LogP contribution >= 0.6 is 0 Å². The smallest absolute Gasteiger partial charge is 0.419 e. The number of fused-ring (bicyclic) bond motifs is 1. The summed E-state index contributed by atoms with van der Waals surface area (Å²) in [6.45, 7) is 3.00. The number of nitrogens with zero attached hydrogens (tertiary/aromatic N) is 6. The van der Waals surface area contributed by atoms with Crippen LogP contribution in [0.5, 0.6) is 5.75 Å². The SMILES string of the molecule is C[C@@H]([C@H]1CCCN1c1ccccc1)N(C)c1ncc2c(-c3cc(C(F)(F)F)c(F)c(O)c3F)nn(C)c2n1. The zero-order chi connectivity index (χ0) is 27.4. The van der Waals surface area contributed by atoms with Crippen molar-refractivity contribution in [1.29, 1.82) is 0 Å². The van der Waals surface area contributed by atoms with E-state index in [1.807, 2.05) is 30.1 Å². The zero-order valence-electron chi connectivity index (χ0n) is 20.8. The van der Waals surface area contributed by atoms with Gasteiger partial charge in [-0.3, -0.25) is 0 Å². The molecular weight excluding hydrogens is 507 g/mol. The second-order valence-corrected chi connectivity index (χ2v) is 9.42. The van der Waals surface area contributed by atoms with Crippen molar-refractivity contribution in [3.63, 3.8) is 0 Å². The molecule has 0 bridgehead atoms. The highest BCUT2D eigenvalue weighted by atomic mass is 19.4. The van der Waals surface area contributed by atoms with Gasteiger partial charge >= 0.3 is 6.18 Å². The molecule has 200 valence electrons. The highest BCUT2D eigenvalue weighted by Gasteiger charge is 2.38. The number of aromatic nitrogens is 4. The van der Waals surface area contributed by atoms with Crippen molar-refractivity contribution in [3.8, 4) is 17.0 Å². The van der Waals surface area contributed by atoms with Crippen LogP contribution in [-0.4, -0.2) is 50.5 Å². The molecule has 0 saturated carbocycles. The quantitative estimate of drug-likeness (QED) is 0.341. The molecule has 5 rings (SSSR count). The van der Waals surface area contributed by atoms with Crippen LogP contribution in [-0.2, 0) is 13.2 Å². The minimum atomic E-state index is -5.15. The van der Waals surface area contributed by atoms with Gasteiger partial charge in [-0.05, 0) is 38.0 Å². The summed E-state index contributed by atoms with van der Waals surface area (Å²) in [7, 11) is 3.37. The topological polar surface area (TPSA) is 70.3 Å². The van der Waals surface area contributed by atoms with Crippen molar-refractivity contribution < 1.29 is 27.1 Å². The summed E-state index contributed by atoms with van der Waals surface area (Å²) in [6, 6.07) is 10.6. The van der Waals surface area contributed by atoms with Gasteiger partial charge in [-0.15, -0.1) is 0 Å². The van der Waals surface area contributed by atoms with E-state index in [4.69, 9.17) is 0 Å². The first-order valence-electron chi connectivity index (χ1n) is 12.0. The minimum absolute atomic E-state index is 0.00341. The Labute approximate surface area is 215 Å². The standard InChI is InChI=1S/C26H25F5N6O/c1-14(19-10-7-11-37(19)15-8-5-4-6-9-15)35(2)25-32-13-17-22(34-36(3)24(17)33-25)16-12-18(26(29,30)31)21(28)23(38)20(16)27/h4-6,8-9,12-14,19,38H,7,10-11H2,1-3H3/t14-,19+/m0/s1. The molecule has 38 heavy (non-hydrogen) atoms. The molecule has 0 spiro atoms. The Balaban J connectivity index is 1.51. The Morgan fingerprint density at radius 1 is 1.13 bits per heavy atom. The van der Waals surface area contributed by atoms with Crippen LogP contribution in [0, 0.1) is 11.6 Å². The number of anilines is 2. The van der Waals surface area contributed by atoms with Gasteiger partial charge in [-0.1, -0.05) is 18.2 Å². The van der Waals surface area contributed by atoms with E-state index in [0.29, 0.717) is 12.0 Å². The molecule has 4 aromatic rings. The first-order valence-corrected chi connectivity index (χ1v) is 12.0. The lowest BCUT2D eigenvalue weighted by Crippen LogP contribution is -2.47. The van der Waals surface area contributed by atoms with Gasteiger partial charge in [0.2, 0.25) is 5.95 Å². The maximum absolute atomic E-state index is 14.8. The van der Waals surface area contributed by atoms with Gasteiger partial charge in [0.1, 0.15) is 5.69 Å². The molecule has 0 aliphatic carbocycles. The molecule has 12 heteroatoms. The monoisotopic (exact) mass is 532 g/mol. The molecule has 2 aromatic carbocycles. The van der Waals surface area contributed by atoms with Crippen molar-refractivity contribution >= 4 is 22.7 Å². The summed E-state index contributed by atoms with van der Waals surface area (Å²) in [5.41, 5.74) is -1.37. The third kappa shape index (κ3) is 4.27. The Morgan fingerprint density at radius 3 is 2.53 bits per heavy atom. The third-order valence-corrected chi connectivity index (χ3v) is 7.18. The number of hydrogen-bond acceptors (Lipinski definition) is 6. The molecule has 1 N–H and O–H groups in total. The lowest BCUT2D eigenvalue weighted by Gasteiger charge is -2.36. The molecule has 1 saturated heterocycles. The summed E-state index contributed by atoms with van der Waals surface area (Å²) in [4.78, 5) is 13.2. The lowest BCUT2D eigenvalue weighted by atomic mass is 10.0. The van der Waals surface area contributed by atoms with Gasteiger partial charge in [-0.2, -0.15) is 23.3 Å². The number of halogens is 5. The van der Waals surface area contributed by atoms with E-state index in [1.54, 1.807) is 0 Å². The van der Waals surface area contributed by atoms with Gasteiger partial charge in [0.15, 0.2) is 23.0 Å². The fourth-order valence-corrected chi connectivity index (χ4v) is 5.07. The van der Waals surface area contributed by atoms with Crippen LogP contribution in [0.25, 0.3) is 22.3 Å². The van der Waals surface area contributed by atoms with E-state index < -0.39 is 34.7 Å². The number of likely N-dealkylation sites (N-methyl/N-ethyl adjacent to an activating group) is 1. The number of para-hydroxylation sites is 1. The van der Waals surface area contributed by atoms with E-state index in [9.17, 15) is 27.1 Å².